The van der Waals surface area contributed by atoms with E-state index in [1.54, 1.807) is 23.1 Å². The number of benzene rings is 2. The number of anilines is 2. The van der Waals surface area contributed by atoms with E-state index in [2.05, 4.69) is 5.32 Å². The van der Waals surface area contributed by atoms with Crippen molar-refractivity contribution in [3.05, 3.63) is 53.6 Å². The van der Waals surface area contributed by atoms with Gasteiger partial charge >= 0.3 is 0 Å². The van der Waals surface area contributed by atoms with Crippen LogP contribution in [0.4, 0.5) is 11.4 Å². The molecule has 2 amide bonds. The molecule has 0 aromatic heterocycles. The van der Waals surface area contributed by atoms with Crippen LogP contribution >= 0.6 is 0 Å². The predicted octanol–water partition coefficient (Wildman–Crippen LogP) is 3.33. The van der Waals surface area contributed by atoms with Gasteiger partial charge in [0.25, 0.3) is 0 Å². The Bertz CT molecular complexity index is 1150. The summed E-state index contributed by atoms with van der Waals surface area (Å²) >= 11 is 0. The lowest BCUT2D eigenvalue weighted by Crippen LogP contribution is -2.41. The zero-order chi connectivity index (χ0) is 23.0. The molecule has 0 radical (unpaired) electrons. The fraction of sp³-hybridized carbons (Fsp3) is 0.417. The first-order chi connectivity index (χ1) is 15.2. The highest BCUT2D eigenvalue weighted by Crippen LogP contribution is 2.35. The molecule has 1 N–H and O–H groups in total. The zero-order valence-electron chi connectivity index (χ0n) is 18.7. The highest BCUT2D eigenvalue weighted by molar-refractivity contribution is 7.89. The number of para-hydroxylation sites is 1. The average molecular weight is 456 g/mol. The lowest BCUT2D eigenvalue weighted by Gasteiger charge is -2.30. The molecule has 2 aromatic rings. The van der Waals surface area contributed by atoms with E-state index in [-0.39, 0.29) is 28.7 Å². The Kier molecular flexibility index (Phi) is 6.09. The molecule has 2 aliphatic rings. The second kappa shape index (κ2) is 8.67. The lowest BCUT2D eigenvalue weighted by molar-refractivity contribution is -0.121. The Morgan fingerprint density at radius 2 is 1.75 bits per heavy atom. The molecule has 32 heavy (non-hydrogen) atoms. The fourth-order valence-electron chi connectivity index (χ4n) is 4.70. The molecular weight excluding hydrogens is 426 g/mol. The van der Waals surface area contributed by atoms with Crippen LogP contribution in [-0.2, 0) is 26.0 Å². The number of carbonyl (C=O) groups is 2. The Balaban J connectivity index is 1.43. The first-order valence-electron chi connectivity index (χ1n) is 11.0. The van der Waals surface area contributed by atoms with Crippen LogP contribution in [-0.4, -0.2) is 43.7 Å². The van der Waals surface area contributed by atoms with Crippen LogP contribution in [0.2, 0.25) is 0 Å². The molecule has 2 heterocycles. The summed E-state index contributed by atoms with van der Waals surface area (Å²) in [6, 6.07) is 12.6. The highest BCUT2D eigenvalue weighted by Gasteiger charge is 2.34. The first kappa shape index (κ1) is 22.5. The molecule has 8 heteroatoms. The maximum atomic E-state index is 13.2. The number of carbonyl (C=O) groups excluding carboxylic acids is 2. The second-order valence-corrected chi connectivity index (χ2v) is 10.7. The summed E-state index contributed by atoms with van der Waals surface area (Å²) in [5, 5.41) is 2.97. The molecule has 2 aliphatic heterocycles. The number of rotatable bonds is 4. The Morgan fingerprint density at radius 1 is 1.06 bits per heavy atom. The number of hydrogen-bond acceptors (Lipinski definition) is 4. The van der Waals surface area contributed by atoms with E-state index in [1.807, 2.05) is 38.1 Å². The van der Waals surface area contributed by atoms with E-state index < -0.39 is 10.0 Å². The third kappa shape index (κ3) is 4.17. The minimum absolute atomic E-state index is 0.0166. The van der Waals surface area contributed by atoms with Crippen LogP contribution in [0.15, 0.2) is 47.4 Å². The van der Waals surface area contributed by atoms with E-state index >= 15 is 0 Å². The van der Waals surface area contributed by atoms with Gasteiger partial charge in [0, 0.05) is 43.3 Å². The minimum Gasteiger partial charge on any atom is -0.326 e. The van der Waals surface area contributed by atoms with Crippen LogP contribution in [0.1, 0.15) is 37.8 Å². The van der Waals surface area contributed by atoms with Gasteiger partial charge in [0.15, 0.2) is 0 Å². The van der Waals surface area contributed by atoms with Crippen molar-refractivity contribution in [2.45, 2.75) is 51.0 Å². The van der Waals surface area contributed by atoms with Crippen molar-refractivity contribution in [1.82, 2.24) is 4.31 Å². The molecule has 0 aliphatic carbocycles. The smallest absolute Gasteiger partial charge is 0.243 e. The molecule has 2 aromatic carbocycles. The SMILES string of the molecule is CC(=O)N1c2ccc(S(=O)(=O)N3CCC(C(=O)Nc4ccccc4C)CC3)cc2CC1C. The fourth-order valence-corrected chi connectivity index (χ4v) is 6.22. The number of aryl methyl sites for hydroxylation is 1. The monoisotopic (exact) mass is 455 g/mol. The van der Waals surface area contributed by atoms with Crippen molar-refractivity contribution in [2.75, 3.05) is 23.3 Å². The summed E-state index contributed by atoms with van der Waals surface area (Å²) in [6.45, 7) is 6.04. The van der Waals surface area contributed by atoms with Crippen LogP contribution in [0.25, 0.3) is 0 Å². The normalized spacial score (nSPS) is 19.6. The molecular formula is C24H29N3O4S. The van der Waals surface area contributed by atoms with Gasteiger partial charge in [-0.2, -0.15) is 4.31 Å². The summed E-state index contributed by atoms with van der Waals surface area (Å²) in [5.74, 6) is -0.323. The maximum absolute atomic E-state index is 13.2. The predicted molar refractivity (Wildman–Crippen MR) is 124 cm³/mol. The largest absolute Gasteiger partial charge is 0.326 e. The quantitative estimate of drug-likeness (QED) is 0.766. The highest BCUT2D eigenvalue weighted by atomic mass is 32.2. The number of amides is 2. The molecule has 1 saturated heterocycles. The van der Waals surface area contributed by atoms with Crippen LogP contribution in [0.5, 0.6) is 0 Å². The molecule has 0 spiro atoms. The van der Waals surface area contributed by atoms with Crippen LogP contribution in [0.3, 0.4) is 0 Å². The Labute approximate surface area is 189 Å². The molecule has 4 rings (SSSR count). The lowest BCUT2D eigenvalue weighted by atomic mass is 9.97. The van der Waals surface area contributed by atoms with Crippen LogP contribution < -0.4 is 10.2 Å². The standard InChI is InChI=1S/C24H29N3O4S/c1-16-6-4-5-7-22(16)25-24(29)19-10-12-26(13-11-19)32(30,31)21-8-9-23-20(15-21)14-17(2)27(23)18(3)28/h4-9,15,17,19H,10-14H2,1-3H3,(H,25,29). The summed E-state index contributed by atoms with van der Waals surface area (Å²) in [5.41, 5.74) is 3.45. The minimum atomic E-state index is -3.66. The molecule has 7 nitrogen and oxygen atoms in total. The average Bonchev–Trinajstić information content (AvgIpc) is 3.10. The molecule has 1 atom stereocenters. The van der Waals surface area contributed by atoms with E-state index in [1.165, 1.54) is 11.2 Å². The van der Waals surface area contributed by atoms with E-state index in [0.717, 1.165) is 22.5 Å². The van der Waals surface area contributed by atoms with Crippen molar-refractivity contribution in [1.29, 1.82) is 0 Å². The molecule has 1 fully saturated rings. The molecule has 0 saturated carbocycles. The van der Waals surface area contributed by atoms with Gasteiger partial charge in [-0.3, -0.25) is 9.59 Å². The maximum Gasteiger partial charge on any atom is 0.243 e. The summed E-state index contributed by atoms with van der Waals surface area (Å²) < 4.78 is 27.9. The second-order valence-electron chi connectivity index (χ2n) is 8.72. The van der Waals surface area contributed by atoms with E-state index in [9.17, 15) is 18.0 Å². The van der Waals surface area contributed by atoms with Crippen molar-refractivity contribution >= 4 is 33.2 Å². The molecule has 170 valence electrons. The van der Waals surface area contributed by atoms with E-state index in [4.69, 9.17) is 0 Å². The van der Waals surface area contributed by atoms with Gasteiger partial charge in [-0.15, -0.1) is 0 Å². The summed E-state index contributed by atoms with van der Waals surface area (Å²) in [7, 11) is -3.66. The Hall–Kier alpha value is -2.71. The number of sulfonamides is 1. The summed E-state index contributed by atoms with van der Waals surface area (Å²) in [4.78, 5) is 26.6. The van der Waals surface area contributed by atoms with E-state index in [0.29, 0.717) is 32.4 Å². The first-order valence-corrected chi connectivity index (χ1v) is 12.4. The number of hydrogen-bond donors (Lipinski definition) is 1. The van der Waals surface area contributed by atoms with Gasteiger partial charge in [0.1, 0.15) is 0 Å². The third-order valence-electron chi connectivity index (χ3n) is 6.47. The number of nitrogens with zero attached hydrogens (tertiary/aromatic N) is 2. The number of fused-ring (bicyclic) bond motifs is 1. The van der Waals surface area contributed by atoms with Gasteiger partial charge in [0.2, 0.25) is 21.8 Å². The third-order valence-corrected chi connectivity index (χ3v) is 8.37. The van der Waals surface area contributed by atoms with Gasteiger partial charge in [-0.05, 0) is 68.5 Å². The molecule has 1 unspecified atom stereocenters. The van der Waals surface area contributed by atoms with Gasteiger partial charge < -0.3 is 10.2 Å². The van der Waals surface area contributed by atoms with Crippen LogP contribution in [0, 0.1) is 12.8 Å². The van der Waals surface area contributed by atoms with Crippen molar-refractivity contribution < 1.29 is 18.0 Å². The Morgan fingerprint density at radius 3 is 2.41 bits per heavy atom. The summed E-state index contributed by atoms with van der Waals surface area (Å²) in [6.07, 6.45) is 1.60. The number of piperidine rings is 1. The molecule has 0 bridgehead atoms. The van der Waals surface area contributed by atoms with Gasteiger partial charge in [0.05, 0.1) is 4.90 Å². The van der Waals surface area contributed by atoms with Crippen molar-refractivity contribution in [3.8, 4) is 0 Å². The zero-order valence-corrected chi connectivity index (χ0v) is 19.5. The number of nitrogens with one attached hydrogen (secondary N) is 1. The topological polar surface area (TPSA) is 86.8 Å². The van der Waals surface area contributed by atoms with Gasteiger partial charge in [-0.25, -0.2) is 8.42 Å². The van der Waals surface area contributed by atoms with Crippen molar-refractivity contribution in [2.24, 2.45) is 5.92 Å². The van der Waals surface area contributed by atoms with Crippen molar-refractivity contribution in [3.63, 3.8) is 0 Å². The van der Waals surface area contributed by atoms with Gasteiger partial charge in [-0.1, -0.05) is 18.2 Å².